The van der Waals surface area contributed by atoms with E-state index in [0.29, 0.717) is 19.4 Å². The van der Waals surface area contributed by atoms with Gasteiger partial charge in [0.05, 0.1) is 4.92 Å². The van der Waals surface area contributed by atoms with Gasteiger partial charge in [-0.1, -0.05) is 0 Å². The van der Waals surface area contributed by atoms with E-state index >= 15 is 0 Å². The first-order valence-electron chi connectivity index (χ1n) is 5.55. The quantitative estimate of drug-likeness (QED) is 0.434. The molecule has 2 N–H and O–H groups in total. The Morgan fingerprint density at radius 2 is 2.32 bits per heavy atom. The fourth-order valence-electron chi connectivity index (χ4n) is 1.47. The van der Waals surface area contributed by atoms with Crippen LogP contribution in [-0.2, 0) is 4.79 Å². The van der Waals surface area contributed by atoms with Gasteiger partial charge in [0.15, 0.2) is 0 Å². The molecule has 0 saturated carbocycles. The highest BCUT2D eigenvalue weighted by molar-refractivity contribution is 5.66. The Hall–Kier alpha value is -2.69. The standard InChI is InChI=1S/C11H12N4O4/c12-7-8-4-6-14-11(10(8)15(18)19)13-5-2-1-3-9(16)17/h4,6H,1-3,5H2,(H,13,14)(H,16,17). The van der Waals surface area contributed by atoms with Gasteiger partial charge in [0.1, 0.15) is 11.6 Å². The molecule has 0 atom stereocenters. The lowest BCUT2D eigenvalue weighted by Crippen LogP contribution is -2.08. The maximum absolute atomic E-state index is 10.9. The summed E-state index contributed by atoms with van der Waals surface area (Å²) in [5, 5.41) is 30.9. The molecule has 0 aliphatic heterocycles. The van der Waals surface area contributed by atoms with E-state index in [0.717, 1.165) is 0 Å². The first-order valence-corrected chi connectivity index (χ1v) is 5.55. The lowest BCUT2D eigenvalue weighted by Gasteiger charge is -2.06. The van der Waals surface area contributed by atoms with Crippen molar-refractivity contribution < 1.29 is 14.8 Å². The first kappa shape index (κ1) is 14.4. The SMILES string of the molecule is N#Cc1ccnc(NCCCCC(=O)O)c1[N+](=O)[O-]. The van der Waals surface area contributed by atoms with Crippen molar-refractivity contribution in [3.8, 4) is 6.07 Å². The monoisotopic (exact) mass is 264 g/mol. The fourth-order valence-corrected chi connectivity index (χ4v) is 1.47. The van der Waals surface area contributed by atoms with Crippen molar-refractivity contribution in [2.75, 3.05) is 11.9 Å². The van der Waals surface area contributed by atoms with Crippen molar-refractivity contribution in [1.82, 2.24) is 4.98 Å². The minimum atomic E-state index is -0.879. The van der Waals surface area contributed by atoms with Gasteiger partial charge in [-0.25, -0.2) is 4.98 Å². The number of hydrogen-bond donors (Lipinski definition) is 2. The number of nitro groups is 1. The van der Waals surface area contributed by atoms with E-state index in [2.05, 4.69) is 10.3 Å². The number of aromatic nitrogens is 1. The second-order valence-corrected chi connectivity index (χ2v) is 3.70. The highest BCUT2D eigenvalue weighted by Gasteiger charge is 2.20. The van der Waals surface area contributed by atoms with Crippen molar-refractivity contribution in [3.63, 3.8) is 0 Å². The van der Waals surface area contributed by atoms with Crippen LogP contribution in [0.4, 0.5) is 11.5 Å². The van der Waals surface area contributed by atoms with Crippen molar-refractivity contribution >= 4 is 17.5 Å². The zero-order valence-electron chi connectivity index (χ0n) is 10.00. The number of rotatable bonds is 7. The number of carboxylic acids is 1. The van der Waals surface area contributed by atoms with Gasteiger partial charge in [-0.3, -0.25) is 14.9 Å². The molecule has 0 saturated heterocycles. The largest absolute Gasteiger partial charge is 0.481 e. The molecule has 100 valence electrons. The smallest absolute Gasteiger partial charge is 0.328 e. The molecule has 8 heteroatoms. The summed E-state index contributed by atoms with van der Waals surface area (Å²) in [5.74, 6) is -0.852. The van der Waals surface area contributed by atoms with E-state index in [9.17, 15) is 14.9 Å². The number of carboxylic acid groups (broad SMARTS) is 1. The minimum absolute atomic E-state index is 0.0272. The van der Waals surface area contributed by atoms with E-state index in [-0.39, 0.29) is 23.5 Å². The van der Waals surface area contributed by atoms with Crippen LogP contribution in [0.5, 0.6) is 0 Å². The second kappa shape index (κ2) is 6.90. The first-order chi connectivity index (χ1) is 9.06. The van der Waals surface area contributed by atoms with Gasteiger partial charge in [0.2, 0.25) is 5.82 Å². The van der Waals surface area contributed by atoms with Gasteiger partial charge >= 0.3 is 11.7 Å². The van der Waals surface area contributed by atoms with Gasteiger partial charge < -0.3 is 10.4 Å². The molecule has 1 aromatic heterocycles. The van der Waals surface area contributed by atoms with Crippen LogP contribution in [0.15, 0.2) is 12.3 Å². The Balaban J connectivity index is 2.66. The van der Waals surface area contributed by atoms with Crippen LogP contribution in [-0.4, -0.2) is 27.5 Å². The van der Waals surface area contributed by atoms with Gasteiger partial charge in [0.25, 0.3) is 0 Å². The number of anilines is 1. The van der Waals surface area contributed by atoms with E-state index < -0.39 is 10.9 Å². The van der Waals surface area contributed by atoms with Crippen LogP contribution in [0.3, 0.4) is 0 Å². The van der Waals surface area contributed by atoms with Crippen LogP contribution in [0, 0.1) is 21.4 Å². The Morgan fingerprint density at radius 3 is 2.89 bits per heavy atom. The van der Waals surface area contributed by atoms with Crippen LogP contribution < -0.4 is 5.32 Å². The molecule has 1 rings (SSSR count). The number of nitrogens with zero attached hydrogens (tertiary/aromatic N) is 3. The summed E-state index contributed by atoms with van der Waals surface area (Å²) in [5.41, 5.74) is -0.420. The summed E-state index contributed by atoms with van der Waals surface area (Å²) in [4.78, 5) is 24.3. The molecular weight excluding hydrogens is 252 g/mol. The lowest BCUT2D eigenvalue weighted by atomic mass is 10.2. The van der Waals surface area contributed by atoms with E-state index in [1.165, 1.54) is 12.3 Å². The van der Waals surface area contributed by atoms with Gasteiger partial charge in [-0.2, -0.15) is 5.26 Å². The molecule has 0 bridgehead atoms. The average Bonchev–Trinajstić information content (AvgIpc) is 2.37. The molecule has 0 aliphatic rings. The molecular formula is C11H12N4O4. The predicted molar refractivity (Wildman–Crippen MR) is 65.6 cm³/mol. The third kappa shape index (κ3) is 4.23. The number of pyridine rings is 1. The molecule has 1 aromatic rings. The predicted octanol–water partition coefficient (Wildman–Crippen LogP) is 1.53. The molecule has 0 fully saturated rings. The number of nitrogens with one attached hydrogen (secondary N) is 1. The van der Waals surface area contributed by atoms with Crippen LogP contribution in [0.1, 0.15) is 24.8 Å². The van der Waals surface area contributed by atoms with E-state index in [1.807, 2.05) is 0 Å². The Kier molecular flexibility index (Phi) is 5.22. The normalized spacial score (nSPS) is 9.63. The Labute approximate surface area is 108 Å². The zero-order valence-corrected chi connectivity index (χ0v) is 10.00. The summed E-state index contributed by atoms with van der Waals surface area (Å²) in [6, 6.07) is 3.01. The number of unbranched alkanes of at least 4 members (excludes halogenated alkanes) is 1. The summed E-state index contributed by atoms with van der Waals surface area (Å²) >= 11 is 0. The van der Waals surface area contributed by atoms with Crippen molar-refractivity contribution in [3.05, 3.63) is 27.9 Å². The van der Waals surface area contributed by atoms with Crippen molar-refractivity contribution in [1.29, 1.82) is 5.26 Å². The van der Waals surface area contributed by atoms with E-state index in [4.69, 9.17) is 10.4 Å². The molecule has 8 nitrogen and oxygen atoms in total. The third-order valence-electron chi connectivity index (χ3n) is 2.34. The van der Waals surface area contributed by atoms with Crippen LogP contribution >= 0.6 is 0 Å². The van der Waals surface area contributed by atoms with Crippen LogP contribution in [0.25, 0.3) is 0 Å². The Morgan fingerprint density at radius 1 is 1.58 bits per heavy atom. The number of aliphatic carboxylic acids is 1. The number of nitriles is 1. The van der Waals surface area contributed by atoms with Gasteiger partial charge in [0, 0.05) is 19.2 Å². The maximum Gasteiger partial charge on any atom is 0.328 e. The van der Waals surface area contributed by atoms with Gasteiger partial charge in [-0.15, -0.1) is 0 Å². The second-order valence-electron chi connectivity index (χ2n) is 3.70. The summed E-state index contributed by atoms with van der Waals surface area (Å²) < 4.78 is 0. The Bertz CT molecular complexity index is 524. The molecule has 0 aromatic carbocycles. The zero-order chi connectivity index (χ0) is 14.3. The maximum atomic E-state index is 10.9. The topological polar surface area (TPSA) is 129 Å². The number of hydrogen-bond acceptors (Lipinski definition) is 6. The molecule has 0 aliphatic carbocycles. The summed E-state index contributed by atoms with van der Waals surface area (Å²) in [6.07, 6.45) is 2.37. The van der Waals surface area contributed by atoms with Crippen LogP contribution in [0.2, 0.25) is 0 Å². The van der Waals surface area contributed by atoms with E-state index in [1.54, 1.807) is 6.07 Å². The summed E-state index contributed by atoms with van der Waals surface area (Å²) in [7, 11) is 0. The molecule has 1 heterocycles. The lowest BCUT2D eigenvalue weighted by molar-refractivity contribution is -0.384. The molecule has 0 spiro atoms. The highest BCUT2D eigenvalue weighted by Crippen LogP contribution is 2.25. The van der Waals surface area contributed by atoms with Gasteiger partial charge in [-0.05, 0) is 18.9 Å². The fraction of sp³-hybridized carbons (Fsp3) is 0.364. The van der Waals surface area contributed by atoms with Crippen molar-refractivity contribution in [2.24, 2.45) is 0 Å². The minimum Gasteiger partial charge on any atom is -0.481 e. The molecule has 0 radical (unpaired) electrons. The highest BCUT2D eigenvalue weighted by atomic mass is 16.6. The molecule has 19 heavy (non-hydrogen) atoms. The molecule has 0 unspecified atom stereocenters. The summed E-state index contributed by atoms with van der Waals surface area (Å²) in [6.45, 7) is 0.357. The number of carbonyl (C=O) groups is 1. The molecule has 0 amide bonds. The average molecular weight is 264 g/mol. The third-order valence-corrected chi connectivity index (χ3v) is 2.34. The van der Waals surface area contributed by atoms with Crippen molar-refractivity contribution in [2.45, 2.75) is 19.3 Å².